The van der Waals surface area contributed by atoms with E-state index in [2.05, 4.69) is 10.3 Å². The number of ether oxygens (including phenoxy) is 2. The van der Waals surface area contributed by atoms with E-state index in [1.165, 1.54) is 14.2 Å². The van der Waals surface area contributed by atoms with Crippen LogP contribution in [-0.4, -0.2) is 42.1 Å². The van der Waals surface area contributed by atoms with Gasteiger partial charge in [0.05, 0.1) is 20.3 Å². The van der Waals surface area contributed by atoms with Crippen molar-refractivity contribution in [3.05, 3.63) is 42.2 Å². The first-order chi connectivity index (χ1) is 13.4. The van der Waals surface area contributed by atoms with Crippen LogP contribution in [0.3, 0.4) is 0 Å². The summed E-state index contributed by atoms with van der Waals surface area (Å²) in [6.07, 6.45) is -0.417. The Hall–Kier alpha value is -3.19. The van der Waals surface area contributed by atoms with Gasteiger partial charge in [-0.25, -0.2) is 4.98 Å². The van der Waals surface area contributed by atoms with E-state index in [1.807, 2.05) is 31.2 Å². The molecule has 7 nitrogen and oxygen atoms in total. The SMILES string of the molecule is COc1cc(-c2nc(-c3ccc(NCC(C)O)cc3)c(C)o2)cc(OC)c1O. The number of aromatic nitrogens is 1. The second-order valence-corrected chi connectivity index (χ2v) is 6.46. The molecular formula is C21H24N2O5. The van der Waals surface area contributed by atoms with Crippen molar-refractivity contribution in [2.24, 2.45) is 0 Å². The molecular weight excluding hydrogens is 360 g/mol. The van der Waals surface area contributed by atoms with Crippen molar-refractivity contribution < 1.29 is 24.1 Å². The summed E-state index contributed by atoms with van der Waals surface area (Å²) < 4.78 is 16.3. The van der Waals surface area contributed by atoms with Crippen molar-refractivity contribution in [3.8, 4) is 40.0 Å². The van der Waals surface area contributed by atoms with Gasteiger partial charge in [0, 0.05) is 23.4 Å². The number of aliphatic hydroxyl groups is 1. The first kappa shape index (κ1) is 19.6. The largest absolute Gasteiger partial charge is 0.502 e. The fourth-order valence-corrected chi connectivity index (χ4v) is 2.82. The molecule has 0 saturated carbocycles. The van der Waals surface area contributed by atoms with E-state index < -0.39 is 6.10 Å². The van der Waals surface area contributed by atoms with Crippen LogP contribution in [0.1, 0.15) is 12.7 Å². The molecule has 3 aromatic rings. The highest BCUT2D eigenvalue weighted by atomic mass is 16.5. The maximum atomic E-state index is 10.1. The smallest absolute Gasteiger partial charge is 0.227 e. The summed E-state index contributed by atoms with van der Waals surface area (Å²) in [5.41, 5.74) is 3.19. The van der Waals surface area contributed by atoms with Crippen molar-refractivity contribution in [2.45, 2.75) is 20.0 Å². The normalized spacial score (nSPS) is 11.9. The number of nitrogens with zero attached hydrogens (tertiary/aromatic N) is 1. The number of nitrogens with one attached hydrogen (secondary N) is 1. The molecule has 0 bridgehead atoms. The van der Waals surface area contributed by atoms with Gasteiger partial charge in [0.25, 0.3) is 0 Å². The van der Waals surface area contributed by atoms with E-state index in [1.54, 1.807) is 19.1 Å². The first-order valence-corrected chi connectivity index (χ1v) is 8.88. The molecule has 0 fully saturated rings. The highest BCUT2D eigenvalue weighted by molar-refractivity contribution is 5.70. The Morgan fingerprint density at radius 2 is 1.68 bits per heavy atom. The van der Waals surface area contributed by atoms with Crippen LogP contribution in [0, 0.1) is 6.92 Å². The van der Waals surface area contributed by atoms with Crippen molar-refractivity contribution in [2.75, 3.05) is 26.1 Å². The minimum atomic E-state index is -0.417. The molecule has 0 radical (unpaired) electrons. The molecule has 0 aliphatic rings. The standard InChI is InChI=1S/C21H24N2O5/c1-12(24)11-22-16-7-5-14(6-8-16)19-13(2)28-21(23-19)15-9-17(26-3)20(25)18(10-15)27-4/h5-10,12,22,24-25H,11H2,1-4H3. The lowest BCUT2D eigenvalue weighted by Gasteiger charge is -2.09. The summed E-state index contributed by atoms with van der Waals surface area (Å²) in [5.74, 6) is 1.56. The van der Waals surface area contributed by atoms with Gasteiger partial charge in [-0.15, -0.1) is 0 Å². The van der Waals surface area contributed by atoms with Gasteiger partial charge in [0.15, 0.2) is 11.5 Å². The second kappa shape index (κ2) is 8.22. The number of benzene rings is 2. The molecule has 1 aromatic heterocycles. The third-order valence-corrected chi connectivity index (χ3v) is 4.28. The number of hydrogen-bond acceptors (Lipinski definition) is 7. The number of rotatable bonds is 7. The fraction of sp³-hybridized carbons (Fsp3) is 0.286. The van der Waals surface area contributed by atoms with Gasteiger partial charge in [-0.2, -0.15) is 0 Å². The number of anilines is 1. The van der Waals surface area contributed by atoms with Gasteiger partial charge in [0.2, 0.25) is 11.6 Å². The summed E-state index contributed by atoms with van der Waals surface area (Å²) in [5, 5.41) is 22.6. The van der Waals surface area contributed by atoms with Crippen molar-refractivity contribution in [3.63, 3.8) is 0 Å². The predicted octanol–water partition coefficient (Wildman–Crippen LogP) is 3.83. The molecule has 1 heterocycles. The molecule has 3 N–H and O–H groups in total. The van der Waals surface area contributed by atoms with Crippen LogP contribution >= 0.6 is 0 Å². The van der Waals surface area contributed by atoms with Crippen LogP contribution in [-0.2, 0) is 0 Å². The number of aliphatic hydroxyl groups excluding tert-OH is 1. The molecule has 148 valence electrons. The monoisotopic (exact) mass is 384 g/mol. The van der Waals surface area contributed by atoms with E-state index >= 15 is 0 Å². The van der Waals surface area contributed by atoms with Crippen LogP contribution in [0.15, 0.2) is 40.8 Å². The fourth-order valence-electron chi connectivity index (χ4n) is 2.82. The third kappa shape index (κ3) is 4.04. The van der Waals surface area contributed by atoms with Crippen molar-refractivity contribution in [1.29, 1.82) is 0 Å². The Balaban J connectivity index is 1.91. The maximum absolute atomic E-state index is 10.1. The van der Waals surface area contributed by atoms with E-state index in [9.17, 15) is 10.2 Å². The Bertz CT molecular complexity index is 923. The molecule has 0 aliphatic carbocycles. The highest BCUT2D eigenvalue weighted by Gasteiger charge is 2.18. The number of phenolic OH excluding ortho intramolecular Hbond substituents is 1. The predicted molar refractivity (Wildman–Crippen MR) is 107 cm³/mol. The molecule has 0 spiro atoms. The lowest BCUT2D eigenvalue weighted by atomic mass is 10.1. The zero-order chi connectivity index (χ0) is 20.3. The summed E-state index contributed by atoms with van der Waals surface area (Å²) >= 11 is 0. The van der Waals surface area contributed by atoms with Gasteiger partial charge < -0.3 is 29.4 Å². The maximum Gasteiger partial charge on any atom is 0.227 e. The summed E-state index contributed by atoms with van der Waals surface area (Å²) in [4.78, 5) is 4.61. The minimum absolute atomic E-state index is 0.0717. The number of hydrogen-bond donors (Lipinski definition) is 3. The Morgan fingerprint density at radius 1 is 1.07 bits per heavy atom. The van der Waals surface area contributed by atoms with Gasteiger partial charge in [-0.1, -0.05) is 12.1 Å². The van der Waals surface area contributed by atoms with Crippen molar-refractivity contribution >= 4 is 5.69 Å². The van der Waals surface area contributed by atoms with E-state index in [0.29, 0.717) is 23.8 Å². The second-order valence-electron chi connectivity index (χ2n) is 6.46. The quantitative estimate of drug-likeness (QED) is 0.569. The molecule has 0 amide bonds. The molecule has 2 aromatic carbocycles. The topological polar surface area (TPSA) is 97.0 Å². The third-order valence-electron chi connectivity index (χ3n) is 4.28. The van der Waals surface area contributed by atoms with Crippen LogP contribution in [0.25, 0.3) is 22.7 Å². The average molecular weight is 384 g/mol. The summed E-state index contributed by atoms with van der Waals surface area (Å²) in [6.45, 7) is 4.06. The lowest BCUT2D eigenvalue weighted by Crippen LogP contribution is -2.15. The molecule has 3 rings (SSSR count). The molecule has 7 heteroatoms. The Kier molecular flexibility index (Phi) is 5.75. The molecule has 0 aliphatic heterocycles. The zero-order valence-electron chi connectivity index (χ0n) is 16.3. The first-order valence-electron chi connectivity index (χ1n) is 8.88. The lowest BCUT2D eigenvalue weighted by molar-refractivity contribution is 0.208. The summed E-state index contributed by atoms with van der Waals surface area (Å²) in [6, 6.07) is 11.0. The van der Waals surface area contributed by atoms with E-state index in [0.717, 1.165) is 16.9 Å². The molecule has 0 saturated heterocycles. The van der Waals surface area contributed by atoms with Crippen LogP contribution < -0.4 is 14.8 Å². The van der Waals surface area contributed by atoms with E-state index in [-0.39, 0.29) is 17.2 Å². The molecule has 1 unspecified atom stereocenters. The molecule has 1 atom stereocenters. The van der Waals surface area contributed by atoms with Gasteiger partial charge in [-0.05, 0) is 38.1 Å². The van der Waals surface area contributed by atoms with Crippen LogP contribution in [0.4, 0.5) is 5.69 Å². The number of methoxy groups -OCH3 is 2. The van der Waals surface area contributed by atoms with Crippen molar-refractivity contribution in [1.82, 2.24) is 4.98 Å². The average Bonchev–Trinajstić information content (AvgIpc) is 3.08. The highest BCUT2D eigenvalue weighted by Crippen LogP contribution is 2.41. The number of aromatic hydroxyl groups is 1. The van der Waals surface area contributed by atoms with Crippen LogP contribution in [0.2, 0.25) is 0 Å². The Morgan fingerprint density at radius 3 is 2.21 bits per heavy atom. The zero-order valence-corrected chi connectivity index (χ0v) is 16.3. The molecule has 28 heavy (non-hydrogen) atoms. The number of oxazole rings is 1. The van der Waals surface area contributed by atoms with E-state index in [4.69, 9.17) is 13.9 Å². The van der Waals surface area contributed by atoms with Crippen LogP contribution in [0.5, 0.6) is 17.2 Å². The number of phenols is 1. The van der Waals surface area contributed by atoms with Gasteiger partial charge >= 0.3 is 0 Å². The Labute approximate surface area is 163 Å². The summed E-state index contributed by atoms with van der Waals surface area (Å²) in [7, 11) is 2.94. The number of aryl methyl sites for hydroxylation is 1. The van der Waals surface area contributed by atoms with Gasteiger partial charge in [0.1, 0.15) is 11.5 Å². The minimum Gasteiger partial charge on any atom is -0.502 e. The van der Waals surface area contributed by atoms with Gasteiger partial charge in [-0.3, -0.25) is 0 Å².